The first-order chi connectivity index (χ1) is 40.4. The van der Waals surface area contributed by atoms with E-state index in [4.69, 9.17) is 43.6 Å². The predicted octanol–water partition coefficient (Wildman–Crippen LogP) is 3.61. The maximum Gasteiger partial charge on any atom is 0.325 e. The second-order valence-corrected chi connectivity index (χ2v) is 23.4. The van der Waals surface area contributed by atoms with Crippen LogP contribution >= 0.6 is 7.60 Å². The Morgan fingerprint density at radius 2 is 1.25 bits per heavy atom. The standard InChI is InChI=1S/C59H99N6O18P/c1-45(2)37-51(62-59(72)53-18-14-21-65(53)56(69)19-22-77-25-26-79-29-30-81-33-34-83-36-35-82-32-31-80-28-27-78-24-23-76-4)54(67)39-48(58(71)63-52(42-66)55(68)40-50(57(60)70)46(3)43-84(73,74)75)38-49-41-61-44-64(49)20-13-8-6-5-7-10-15-47-16-11-9-12-17-47/h9,11-12,16-17,41,44-46,48,50-53,66H,5-8,10,13-15,18-40,42-43H2,1-4H3,(H2,60,70)(H,62,72)(H,63,71)(H2,73,74,75)/t46-,48+,50-,51-,52-,53-/m0/s1. The van der Waals surface area contributed by atoms with Crippen molar-refractivity contribution in [3.63, 3.8) is 0 Å². The first kappa shape index (κ1) is 73.7. The number of hydrogen-bond acceptors (Lipinski definition) is 17. The minimum Gasteiger partial charge on any atom is -0.394 e. The summed E-state index contributed by atoms with van der Waals surface area (Å²) in [5.41, 5.74) is 7.53. The number of primary amides is 1. The fraction of sp³-hybridized carbons (Fsp3) is 0.746. The second-order valence-electron chi connectivity index (χ2n) is 21.7. The quantitative estimate of drug-likeness (QED) is 0.0407. The van der Waals surface area contributed by atoms with Crippen LogP contribution in [0.4, 0.5) is 0 Å². The van der Waals surface area contributed by atoms with E-state index in [0.29, 0.717) is 118 Å². The van der Waals surface area contributed by atoms with E-state index in [1.54, 1.807) is 19.6 Å². The molecule has 2 aromatic rings. The first-order valence-corrected chi connectivity index (χ1v) is 31.7. The molecular weight excluding hydrogens is 1110 g/mol. The number of aliphatic hydroxyl groups excluding tert-OH is 1. The average Bonchev–Trinajstić information content (AvgIpc) is 4.35. The number of nitrogens with zero attached hydrogens (tertiary/aromatic N) is 3. The molecule has 0 aliphatic carbocycles. The molecule has 0 bridgehead atoms. The summed E-state index contributed by atoms with van der Waals surface area (Å²) >= 11 is 0. The van der Waals surface area contributed by atoms with Gasteiger partial charge in [0, 0.05) is 57.3 Å². The molecule has 2 heterocycles. The number of ketones is 2. The second kappa shape index (κ2) is 44.0. The lowest BCUT2D eigenvalue weighted by molar-refractivity contribution is -0.140. The zero-order chi connectivity index (χ0) is 61.4. The van der Waals surface area contributed by atoms with E-state index in [-0.39, 0.29) is 50.7 Å². The van der Waals surface area contributed by atoms with Crippen molar-refractivity contribution in [1.29, 1.82) is 0 Å². The summed E-state index contributed by atoms with van der Waals surface area (Å²) in [5, 5.41) is 15.9. The van der Waals surface area contributed by atoms with Crippen LogP contribution in [0.15, 0.2) is 42.9 Å². The zero-order valence-electron chi connectivity index (χ0n) is 50.2. The number of amides is 4. The smallest absolute Gasteiger partial charge is 0.325 e. The molecule has 0 saturated carbocycles. The Balaban J connectivity index is 1.52. The van der Waals surface area contributed by atoms with Gasteiger partial charge < -0.3 is 78.6 Å². The molecule has 25 heteroatoms. The Hall–Kier alpha value is -4.56. The number of aliphatic hydroxyl groups is 1. The van der Waals surface area contributed by atoms with Gasteiger partial charge >= 0.3 is 7.60 Å². The number of hydrogen-bond donors (Lipinski definition) is 6. The minimum atomic E-state index is -4.59. The molecule has 1 saturated heterocycles. The van der Waals surface area contributed by atoms with Crippen LogP contribution < -0.4 is 16.4 Å². The van der Waals surface area contributed by atoms with Gasteiger partial charge in [0.05, 0.1) is 137 Å². The lowest BCUT2D eigenvalue weighted by Crippen LogP contribution is -2.52. The van der Waals surface area contributed by atoms with E-state index in [2.05, 4.69) is 39.9 Å². The van der Waals surface area contributed by atoms with Gasteiger partial charge in [-0.25, -0.2) is 4.98 Å². The number of unbranched alkanes of at least 4 members (excludes halogenated alkanes) is 5. The summed E-state index contributed by atoms with van der Waals surface area (Å²) in [5.74, 6) is -7.28. The number of nitrogens with two attached hydrogens (primary N) is 1. The third kappa shape index (κ3) is 32.3. The van der Waals surface area contributed by atoms with Crippen LogP contribution in [0.1, 0.15) is 109 Å². The number of carbonyl (C=O) groups is 6. The fourth-order valence-electron chi connectivity index (χ4n) is 9.75. The van der Waals surface area contributed by atoms with Gasteiger partial charge in [-0.1, -0.05) is 76.8 Å². The van der Waals surface area contributed by atoms with Crippen molar-refractivity contribution in [3.05, 3.63) is 54.1 Å². The number of imidazole rings is 1. The number of nitrogens with one attached hydrogen (secondary N) is 2. The van der Waals surface area contributed by atoms with E-state index in [0.717, 1.165) is 44.9 Å². The molecule has 0 spiro atoms. The number of aryl methyl sites for hydroxylation is 2. The molecule has 7 N–H and O–H groups in total. The SMILES string of the molecule is COCCOCCOCCOCCOCCOCCOCCOCCC(=O)N1CCC[C@H]1C(=O)N[C@@H](CC(C)C)C(=O)C[C@@H](Cc1cncn1CCCCCCCCc1ccccc1)C(=O)N[C@@H](CO)C(=O)C[C@H](C(N)=O)[C@@H](C)CP(=O)(O)O. The molecule has 84 heavy (non-hydrogen) atoms. The predicted molar refractivity (Wildman–Crippen MR) is 313 cm³/mol. The number of methoxy groups -OCH3 is 1. The number of rotatable bonds is 52. The van der Waals surface area contributed by atoms with Crippen LogP contribution in [0.5, 0.6) is 0 Å². The molecule has 478 valence electrons. The molecule has 1 aromatic carbocycles. The van der Waals surface area contributed by atoms with Gasteiger partial charge in [0.2, 0.25) is 23.6 Å². The number of ether oxygens (including phenoxy) is 8. The highest BCUT2D eigenvalue weighted by Gasteiger charge is 2.38. The van der Waals surface area contributed by atoms with Crippen molar-refractivity contribution in [2.24, 2.45) is 29.4 Å². The van der Waals surface area contributed by atoms with Gasteiger partial charge in [0.25, 0.3) is 0 Å². The van der Waals surface area contributed by atoms with Gasteiger partial charge in [-0.05, 0) is 55.9 Å². The molecule has 0 unspecified atom stereocenters. The lowest BCUT2D eigenvalue weighted by atomic mass is 9.87. The molecule has 1 aromatic heterocycles. The molecule has 1 aliphatic rings. The largest absolute Gasteiger partial charge is 0.394 e. The first-order valence-electron chi connectivity index (χ1n) is 29.9. The highest BCUT2D eigenvalue weighted by Crippen LogP contribution is 2.39. The lowest BCUT2D eigenvalue weighted by Gasteiger charge is -2.28. The number of likely N-dealkylation sites (tertiary alicyclic amines) is 1. The van der Waals surface area contributed by atoms with Crippen LogP contribution in [0.3, 0.4) is 0 Å². The Labute approximate surface area is 496 Å². The Morgan fingerprint density at radius 1 is 0.714 bits per heavy atom. The highest BCUT2D eigenvalue weighted by molar-refractivity contribution is 7.51. The number of carbonyl (C=O) groups excluding carboxylic acids is 6. The van der Waals surface area contributed by atoms with Crippen molar-refractivity contribution in [1.82, 2.24) is 25.1 Å². The summed E-state index contributed by atoms with van der Waals surface area (Å²) in [6, 6.07) is 6.97. The van der Waals surface area contributed by atoms with Crippen LogP contribution in [0.25, 0.3) is 0 Å². The van der Waals surface area contributed by atoms with E-state index in [1.807, 2.05) is 24.5 Å². The summed E-state index contributed by atoms with van der Waals surface area (Å²) in [6.07, 6.45) is 9.99. The zero-order valence-corrected chi connectivity index (χ0v) is 51.1. The molecule has 0 radical (unpaired) electrons. The highest BCUT2D eigenvalue weighted by atomic mass is 31.2. The van der Waals surface area contributed by atoms with E-state index < -0.39 is 92.0 Å². The summed E-state index contributed by atoms with van der Waals surface area (Å²) in [6.45, 7) is 11.3. The van der Waals surface area contributed by atoms with E-state index in [9.17, 15) is 48.2 Å². The van der Waals surface area contributed by atoms with Crippen molar-refractivity contribution >= 4 is 42.8 Å². The fourth-order valence-corrected chi connectivity index (χ4v) is 10.8. The molecule has 1 aliphatic heterocycles. The van der Waals surface area contributed by atoms with Crippen LogP contribution in [0.2, 0.25) is 0 Å². The van der Waals surface area contributed by atoms with Crippen molar-refractivity contribution in [3.8, 4) is 0 Å². The Morgan fingerprint density at radius 3 is 1.79 bits per heavy atom. The van der Waals surface area contributed by atoms with Crippen molar-refractivity contribution in [2.75, 3.05) is 126 Å². The average molecular weight is 1210 g/mol. The normalized spacial score (nSPS) is 15.4. The van der Waals surface area contributed by atoms with Gasteiger partial charge in [-0.3, -0.25) is 33.3 Å². The van der Waals surface area contributed by atoms with Gasteiger partial charge in [-0.2, -0.15) is 0 Å². The number of benzene rings is 1. The monoisotopic (exact) mass is 1210 g/mol. The van der Waals surface area contributed by atoms with Gasteiger partial charge in [0.15, 0.2) is 11.6 Å². The molecule has 6 atom stereocenters. The number of Topliss-reactive ketones (excluding diaryl/α,β-unsaturated/α-hetero) is 2. The van der Waals surface area contributed by atoms with Crippen LogP contribution in [-0.2, 0) is 90.6 Å². The maximum absolute atomic E-state index is 14.5. The molecular formula is C59H99N6O18P. The van der Waals surface area contributed by atoms with Crippen LogP contribution in [-0.4, -0.2) is 208 Å². The van der Waals surface area contributed by atoms with Gasteiger partial charge in [-0.15, -0.1) is 0 Å². The van der Waals surface area contributed by atoms with Gasteiger partial charge in [0.1, 0.15) is 12.1 Å². The van der Waals surface area contributed by atoms with E-state index in [1.165, 1.54) is 17.4 Å². The molecule has 24 nitrogen and oxygen atoms in total. The summed E-state index contributed by atoms with van der Waals surface area (Å²) in [7, 11) is -2.97. The summed E-state index contributed by atoms with van der Waals surface area (Å²) < 4.78 is 57.1. The molecule has 3 rings (SSSR count). The maximum atomic E-state index is 14.5. The summed E-state index contributed by atoms with van der Waals surface area (Å²) in [4.78, 5) is 107. The third-order valence-corrected chi connectivity index (χ3v) is 15.4. The Bertz CT molecular complexity index is 2200. The van der Waals surface area contributed by atoms with E-state index >= 15 is 0 Å². The third-order valence-electron chi connectivity index (χ3n) is 14.3. The minimum absolute atomic E-state index is 0.00226. The Kier molecular flexibility index (Phi) is 38.6. The van der Waals surface area contributed by atoms with Crippen molar-refractivity contribution in [2.45, 2.75) is 135 Å². The van der Waals surface area contributed by atoms with Crippen molar-refractivity contribution < 1.29 is 86.1 Å². The topological polar surface area (TPSA) is 325 Å². The number of aromatic nitrogens is 2. The van der Waals surface area contributed by atoms with Crippen LogP contribution in [0, 0.1) is 23.7 Å². The molecule has 4 amide bonds. The molecule has 1 fully saturated rings.